The van der Waals surface area contributed by atoms with Gasteiger partial charge in [0.25, 0.3) is 11.7 Å². The van der Waals surface area contributed by atoms with E-state index in [1.165, 1.54) is 12.0 Å². The number of halogens is 1. The second-order valence-electron chi connectivity index (χ2n) is 7.27. The van der Waals surface area contributed by atoms with Crippen LogP contribution in [-0.2, 0) is 9.59 Å². The van der Waals surface area contributed by atoms with Crippen molar-refractivity contribution in [2.24, 2.45) is 0 Å². The number of nitrogens with zero attached hydrogens (tertiary/aromatic N) is 1. The van der Waals surface area contributed by atoms with Crippen molar-refractivity contribution in [2.45, 2.75) is 13.0 Å². The first-order valence-electron chi connectivity index (χ1n) is 9.69. The highest BCUT2D eigenvalue weighted by Crippen LogP contribution is 2.42. The van der Waals surface area contributed by atoms with Crippen molar-refractivity contribution in [3.05, 3.63) is 100 Å². The maximum atomic E-state index is 13.1. The van der Waals surface area contributed by atoms with E-state index < -0.39 is 17.7 Å². The van der Waals surface area contributed by atoms with Gasteiger partial charge in [0, 0.05) is 11.3 Å². The highest BCUT2D eigenvalue weighted by atomic mass is 35.5. The average molecular weight is 434 g/mol. The molecule has 1 fully saturated rings. The van der Waals surface area contributed by atoms with E-state index in [0.717, 1.165) is 5.56 Å². The zero-order chi connectivity index (χ0) is 22.1. The van der Waals surface area contributed by atoms with E-state index in [0.29, 0.717) is 27.6 Å². The molecule has 0 radical (unpaired) electrons. The van der Waals surface area contributed by atoms with Crippen LogP contribution in [0.5, 0.6) is 5.75 Å². The number of aliphatic hydroxyl groups is 1. The standard InChI is InChI=1S/C25H20ClNO4/c1-15-7-6-10-18(13-15)27-22(16-8-4-3-5-9-16)21(24(29)25(27)30)23(28)17-11-12-19(26)20(14-17)31-2/h3-14,22,28H,1-2H3/b23-21-. The summed E-state index contributed by atoms with van der Waals surface area (Å²) in [4.78, 5) is 27.7. The van der Waals surface area contributed by atoms with Crippen molar-refractivity contribution in [3.8, 4) is 5.75 Å². The third-order valence-corrected chi connectivity index (χ3v) is 5.58. The lowest BCUT2D eigenvalue weighted by molar-refractivity contribution is -0.132. The lowest BCUT2D eigenvalue weighted by Crippen LogP contribution is -2.29. The molecule has 156 valence electrons. The van der Waals surface area contributed by atoms with Gasteiger partial charge in [-0.05, 0) is 48.4 Å². The number of ether oxygens (including phenoxy) is 1. The van der Waals surface area contributed by atoms with Crippen LogP contribution in [-0.4, -0.2) is 23.9 Å². The summed E-state index contributed by atoms with van der Waals surface area (Å²) < 4.78 is 5.23. The molecule has 4 rings (SSSR count). The summed E-state index contributed by atoms with van der Waals surface area (Å²) in [5, 5.41) is 11.5. The van der Waals surface area contributed by atoms with Gasteiger partial charge in [-0.3, -0.25) is 14.5 Å². The molecular formula is C25H20ClNO4. The Hall–Kier alpha value is -3.57. The Bertz CT molecular complexity index is 1200. The van der Waals surface area contributed by atoms with E-state index in [9.17, 15) is 14.7 Å². The summed E-state index contributed by atoms with van der Waals surface area (Å²) in [6.45, 7) is 1.91. The molecule has 1 heterocycles. The number of Topliss-reactive ketones (excluding diaryl/α,β-unsaturated/α-hetero) is 1. The number of aliphatic hydroxyl groups excluding tert-OH is 1. The Kier molecular flexibility index (Phi) is 5.53. The van der Waals surface area contributed by atoms with Crippen LogP contribution in [0.3, 0.4) is 0 Å². The maximum Gasteiger partial charge on any atom is 0.300 e. The third kappa shape index (κ3) is 3.68. The van der Waals surface area contributed by atoms with Gasteiger partial charge in [0.05, 0.1) is 23.7 Å². The lowest BCUT2D eigenvalue weighted by Gasteiger charge is -2.25. The molecule has 5 nitrogen and oxygen atoms in total. The number of aryl methyl sites for hydroxylation is 1. The van der Waals surface area contributed by atoms with Crippen LogP contribution >= 0.6 is 11.6 Å². The molecule has 1 atom stereocenters. The molecule has 31 heavy (non-hydrogen) atoms. The zero-order valence-corrected chi connectivity index (χ0v) is 17.8. The SMILES string of the molecule is COc1cc(/C(O)=C2/C(=O)C(=O)N(c3cccc(C)c3)C2c2ccccc2)ccc1Cl. The van der Waals surface area contributed by atoms with E-state index in [4.69, 9.17) is 16.3 Å². The summed E-state index contributed by atoms with van der Waals surface area (Å²) in [5.74, 6) is -1.36. The number of benzene rings is 3. The maximum absolute atomic E-state index is 13.1. The van der Waals surface area contributed by atoms with Crippen LogP contribution in [0.25, 0.3) is 5.76 Å². The topological polar surface area (TPSA) is 66.8 Å². The van der Waals surface area contributed by atoms with Crippen LogP contribution in [0.1, 0.15) is 22.7 Å². The molecule has 0 saturated carbocycles. The highest BCUT2D eigenvalue weighted by Gasteiger charge is 2.46. The predicted molar refractivity (Wildman–Crippen MR) is 120 cm³/mol. The molecule has 3 aromatic carbocycles. The molecule has 0 aromatic heterocycles. The van der Waals surface area contributed by atoms with Gasteiger partial charge in [-0.1, -0.05) is 54.1 Å². The number of amides is 1. The number of carbonyl (C=O) groups excluding carboxylic acids is 2. The summed E-state index contributed by atoms with van der Waals surface area (Å²) in [5.41, 5.74) is 2.61. The van der Waals surface area contributed by atoms with Crippen molar-refractivity contribution in [1.29, 1.82) is 0 Å². The number of hydrogen-bond donors (Lipinski definition) is 1. The van der Waals surface area contributed by atoms with Crippen molar-refractivity contribution < 1.29 is 19.4 Å². The van der Waals surface area contributed by atoms with E-state index in [1.54, 1.807) is 24.3 Å². The Morgan fingerprint density at radius 3 is 2.42 bits per heavy atom. The summed E-state index contributed by atoms with van der Waals surface area (Å²) >= 11 is 6.10. The van der Waals surface area contributed by atoms with E-state index in [-0.39, 0.29) is 11.3 Å². The van der Waals surface area contributed by atoms with Gasteiger partial charge in [-0.15, -0.1) is 0 Å². The Morgan fingerprint density at radius 2 is 1.74 bits per heavy atom. The van der Waals surface area contributed by atoms with E-state index >= 15 is 0 Å². The van der Waals surface area contributed by atoms with Gasteiger partial charge in [-0.2, -0.15) is 0 Å². The molecule has 1 unspecified atom stereocenters. The number of methoxy groups -OCH3 is 1. The average Bonchev–Trinajstić information content (AvgIpc) is 3.05. The van der Waals surface area contributed by atoms with Crippen molar-refractivity contribution in [1.82, 2.24) is 0 Å². The van der Waals surface area contributed by atoms with E-state index in [1.807, 2.05) is 55.5 Å². The Labute approximate surface area is 185 Å². The van der Waals surface area contributed by atoms with Gasteiger partial charge in [0.15, 0.2) is 0 Å². The lowest BCUT2D eigenvalue weighted by atomic mass is 9.95. The van der Waals surface area contributed by atoms with Gasteiger partial charge in [0.2, 0.25) is 0 Å². The van der Waals surface area contributed by atoms with Crippen LogP contribution in [0.4, 0.5) is 5.69 Å². The van der Waals surface area contributed by atoms with Crippen molar-refractivity contribution >= 4 is 34.7 Å². The van der Waals surface area contributed by atoms with E-state index in [2.05, 4.69) is 0 Å². The predicted octanol–water partition coefficient (Wildman–Crippen LogP) is 5.28. The minimum atomic E-state index is -0.773. The molecule has 1 amide bonds. The van der Waals surface area contributed by atoms with Crippen LogP contribution in [0.2, 0.25) is 5.02 Å². The number of rotatable bonds is 4. The van der Waals surface area contributed by atoms with Gasteiger partial charge >= 0.3 is 0 Å². The molecule has 0 aliphatic carbocycles. The zero-order valence-electron chi connectivity index (χ0n) is 17.0. The van der Waals surface area contributed by atoms with Crippen molar-refractivity contribution in [3.63, 3.8) is 0 Å². The second kappa shape index (κ2) is 8.28. The van der Waals surface area contributed by atoms with Gasteiger partial charge < -0.3 is 9.84 Å². The molecule has 3 aromatic rings. The molecule has 1 aliphatic heterocycles. The first-order chi connectivity index (χ1) is 14.9. The number of anilines is 1. The Morgan fingerprint density at radius 1 is 1.00 bits per heavy atom. The Balaban J connectivity index is 1.95. The molecule has 0 bridgehead atoms. The van der Waals surface area contributed by atoms with Crippen LogP contribution < -0.4 is 9.64 Å². The van der Waals surface area contributed by atoms with Gasteiger partial charge in [-0.25, -0.2) is 0 Å². The first-order valence-corrected chi connectivity index (χ1v) is 10.1. The fourth-order valence-electron chi connectivity index (χ4n) is 3.79. The second-order valence-corrected chi connectivity index (χ2v) is 7.68. The van der Waals surface area contributed by atoms with Crippen molar-refractivity contribution in [2.75, 3.05) is 12.0 Å². The molecule has 1 N–H and O–H groups in total. The van der Waals surface area contributed by atoms with Crippen LogP contribution in [0.15, 0.2) is 78.4 Å². The summed E-state index contributed by atoms with van der Waals surface area (Å²) in [6.07, 6.45) is 0. The minimum Gasteiger partial charge on any atom is -0.507 e. The smallest absolute Gasteiger partial charge is 0.300 e. The fraction of sp³-hybridized carbons (Fsp3) is 0.120. The normalized spacial score (nSPS) is 17.8. The summed E-state index contributed by atoms with van der Waals surface area (Å²) in [7, 11) is 1.46. The number of hydrogen-bond acceptors (Lipinski definition) is 4. The first kappa shape index (κ1) is 20.7. The van der Waals surface area contributed by atoms with Crippen LogP contribution in [0, 0.1) is 6.92 Å². The summed E-state index contributed by atoms with van der Waals surface area (Å²) in [6, 6.07) is 20.5. The molecule has 0 spiro atoms. The molecule has 1 aliphatic rings. The third-order valence-electron chi connectivity index (χ3n) is 5.26. The fourth-order valence-corrected chi connectivity index (χ4v) is 3.98. The largest absolute Gasteiger partial charge is 0.507 e. The minimum absolute atomic E-state index is 0.0158. The molecule has 1 saturated heterocycles. The van der Waals surface area contributed by atoms with Gasteiger partial charge in [0.1, 0.15) is 11.5 Å². The molecular weight excluding hydrogens is 414 g/mol. The highest BCUT2D eigenvalue weighted by molar-refractivity contribution is 6.51. The number of carbonyl (C=O) groups is 2. The monoisotopic (exact) mass is 433 g/mol. The quantitative estimate of drug-likeness (QED) is 0.345. The number of ketones is 1. The molecule has 6 heteroatoms.